The van der Waals surface area contributed by atoms with Gasteiger partial charge in [0.25, 0.3) is 0 Å². The van der Waals surface area contributed by atoms with Gasteiger partial charge < -0.3 is 5.32 Å². The van der Waals surface area contributed by atoms with Crippen LogP contribution in [0.3, 0.4) is 0 Å². The van der Waals surface area contributed by atoms with E-state index in [9.17, 15) is 0 Å². The lowest BCUT2D eigenvalue weighted by Crippen LogP contribution is -2.10. The number of hydrogen-bond donors (Lipinski definition) is 1. The van der Waals surface area contributed by atoms with Crippen LogP contribution in [0, 0.1) is 0 Å². The van der Waals surface area contributed by atoms with E-state index in [0.717, 1.165) is 26.1 Å². The summed E-state index contributed by atoms with van der Waals surface area (Å²) in [7, 11) is 0. The zero-order valence-corrected chi connectivity index (χ0v) is 14.4. The van der Waals surface area contributed by atoms with E-state index in [1.54, 1.807) is 0 Å². The van der Waals surface area contributed by atoms with Crippen molar-refractivity contribution in [1.82, 2.24) is 0 Å². The molecule has 4 heteroatoms. The maximum Gasteiger partial charge on any atom is 0.0593 e. The fourth-order valence-corrected chi connectivity index (χ4v) is 2.74. The van der Waals surface area contributed by atoms with Crippen molar-refractivity contribution in [2.45, 2.75) is 19.4 Å². The van der Waals surface area contributed by atoms with Crippen molar-refractivity contribution in [2.24, 2.45) is 0 Å². The number of anilines is 1. The minimum Gasteiger partial charge on any atom is -0.377 e. The van der Waals surface area contributed by atoms with Gasteiger partial charge in [-0.05, 0) is 52.2 Å². The topological polar surface area (TPSA) is 12.0 Å². The standard InChI is InChI=1S/C15H14Br2ClN/c1-2-13(10-6-8-11(16)9-7-10)19-14-5-3-4-12(18)15(14)17/h3-9,13,19H,2H2,1H3. The molecule has 0 spiro atoms. The first-order valence-electron chi connectivity index (χ1n) is 6.08. The maximum absolute atomic E-state index is 6.11. The van der Waals surface area contributed by atoms with Gasteiger partial charge >= 0.3 is 0 Å². The third-order valence-corrected chi connectivity index (χ3v) is 4.89. The molecule has 1 nitrogen and oxygen atoms in total. The van der Waals surface area contributed by atoms with Gasteiger partial charge in [-0.1, -0.05) is 52.7 Å². The first kappa shape index (κ1) is 14.9. The summed E-state index contributed by atoms with van der Waals surface area (Å²) in [4.78, 5) is 0. The molecule has 0 saturated heterocycles. The third-order valence-electron chi connectivity index (χ3n) is 2.96. The molecule has 100 valence electrons. The highest BCUT2D eigenvalue weighted by atomic mass is 79.9. The smallest absolute Gasteiger partial charge is 0.0593 e. The zero-order chi connectivity index (χ0) is 13.8. The van der Waals surface area contributed by atoms with Crippen LogP contribution in [0.25, 0.3) is 0 Å². The average molecular weight is 404 g/mol. The second-order valence-electron chi connectivity index (χ2n) is 4.26. The molecule has 0 aliphatic heterocycles. The molecule has 0 bridgehead atoms. The van der Waals surface area contributed by atoms with Gasteiger partial charge in [-0.3, -0.25) is 0 Å². The van der Waals surface area contributed by atoms with Crippen molar-refractivity contribution in [3.63, 3.8) is 0 Å². The van der Waals surface area contributed by atoms with E-state index in [-0.39, 0.29) is 6.04 Å². The Hall–Kier alpha value is -0.510. The van der Waals surface area contributed by atoms with Crippen molar-refractivity contribution in [3.05, 3.63) is 62.0 Å². The predicted molar refractivity (Wildman–Crippen MR) is 89.9 cm³/mol. The molecule has 0 aliphatic carbocycles. The number of nitrogens with one attached hydrogen (secondary N) is 1. The summed E-state index contributed by atoms with van der Waals surface area (Å²) in [6.45, 7) is 2.16. The average Bonchev–Trinajstić information content (AvgIpc) is 2.42. The number of halogens is 3. The van der Waals surface area contributed by atoms with E-state index >= 15 is 0 Å². The first-order chi connectivity index (χ1) is 9.11. The van der Waals surface area contributed by atoms with Crippen LogP contribution < -0.4 is 5.32 Å². The van der Waals surface area contributed by atoms with Crippen LogP contribution in [-0.4, -0.2) is 0 Å². The summed E-state index contributed by atoms with van der Waals surface area (Å²) in [5.74, 6) is 0. The highest BCUT2D eigenvalue weighted by Crippen LogP contribution is 2.33. The van der Waals surface area contributed by atoms with Crippen LogP contribution >= 0.6 is 43.5 Å². The molecule has 1 N–H and O–H groups in total. The molecular weight excluding hydrogens is 389 g/mol. The summed E-state index contributed by atoms with van der Waals surface area (Å²) in [5, 5.41) is 4.25. The van der Waals surface area contributed by atoms with Gasteiger partial charge in [-0.25, -0.2) is 0 Å². The second-order valence-corrected chi connectivity index (χ2v) is 6.37. The van der Waals surface area contributed by atoms with Crippen LogP contribution in [0.5, 0.6) is 0 Å². The first-order valence-corrected chi connectivity index (χ1v) is 8.04. The summed E-state index contributed by atoms with van der Waals surface area (Å²) >= 11 is 13.1. The summed E-state index contributed by atoms with van der Waals surface area (Å²) in [6, 6.07) is 14.5. The van der Waals surface area contributed by atoms with Crippen LogP contribution in [0.15, 0.2) is 51.4 Å². The molecule has 1 atom stereocenters. The third kappa shape index (κ3) is 3.74. The van der Waals surface area contributed by atoms with Crippen LogP contribution in [0.1, 0.15) is 24.9 Å². The van der Waals surface area contributed by atoms with E-state index in [1.807, 2.05) is 18.2 Å². The summed E-state index contributed by atoms with van der Waals surface area (Å²) in [5.41, 5.74) is 2.28. The molecule has 2 aromatic carbocycles. The molecule has 1 unspecified atom stereocenters. The van der Waals surface area contributed by atoms with Crippen LogP contribution in [-0.2, 0) is 0 Å². The Morgan fingerprint density at radius 3 is 2.42 bits per heavy atom. The van der Waals surface area contributed by atoms with E-state index in [2.05, 4.69) is 68.4 Å². The van der Waals surface area contributed by atoms with Gasteiger partial charge in [0.15, 0.2) is 0 Å². The largest absolute Gasteiger partial charge is 0.377 e. The summed E-state index contributed by atoms with van der Waals surface area (Å²) in [6.07, 6.45) is 1.00. The molecule has 0 radical (unpaired) electrons. The van der Waals surface area contributed by atoms with Crippen LogP contribution in [0.4, 0.5) is 5.69 Å². The summed E-state index contributed by atoms with van der Waals surface area (Å²) < 4.78 is 2.00. The molecule has 0 aliphatic rings. The molecule has 2 rings (SSSR count). The highest BCUT2D eigenvalue weighted by Gasteiger charge is 2.11. The molecule has 0 aromatic heterocycles. The van der Waals surface area contributed by atoms with Crippen LogP contribution in [0.2, 0.25) is 5.02 Å². The van der Waals surface area contributed by atoms with Crippen molar-refractivity contribution >= 4 is 49.1 Å². The Labute approximate surface area is 135 Å². The van der Waals surface area contributed by atoms with E-state index in [0.29, 0.717) is 0 Å². The lowest BCUT2D eigenvalue weighted by Gasteiger charge is -2.20. The molecule has 19 heavy (non-hydrogen) atoms. The van der Waals surface area contributed by atoms with Gasteiger partial charge in [0.05, 0.1) is 21.2 Å². The predicted octanol–water partition coefficient (Wildman–Crippen LogP) is 6.43. The van der Waals surface area contributed by atoms with E-state index < -0.39 is 0 Å². The minimum absolute atomic E-state index is 0.267. The maximum atomic E-state index is 6.11. The minimum atomic E-state index is 0.267. The number of benzene rings is 2. The lowest BCUT2D eigenvalue weighted by atomic mass is 10.0. The lowest BCUT2D eigenvalue weighted by molar-refractivity contribution is 0.748. The Kier molecular flexibility index (Phi) is 5.31. The van der Waals surface area contributed by atoms with Gasteiger partial charge in [-0.2, -0.15) is 0 Å². The zero-order valence-electron chi connectivity index (χ0n) is 10.5. The van der Waals surface area contributed by atoms with E-state index in [4.69, 9.17) is 11.6 Å². The van der Waals surface area contributed by atoms with Gasteiger partial charge in [-0.15, -0.1) is 0 Å². The fourth-order valence-electron chi connectivity index (χ4n) is 1.92. The van der Waals surface area contributed by atoms with Gasteiger partial charge in [0, 0.05) is 4.47 Å². The SMILES string of the molecule is CCC(Nc1cccc(Cl)c1Br)c1ccc(Br)cc1. The molecule has 0 amide bonds. The molecule has 0 heterocycles. The Balaban J connectivity index is 2.24. The van der Waals surface area contributed by atoms with Crippen molar-refractivity contribution in [3.8, 4) is 0 Å². The monoisotopic (exact) mass is 401 g/mol. The molecule has 0 saturated carbocycles. The molecular formula is C15H14Br2ClN. The van der Waals surface area contributed by atoms with Gasteiger partial charge in [0.1, 0.15) is 0 Å². The molecule has 0 fully saturated rings. The van der Waals surface area contributed by atoms with Gasteiger partial charge in [0.2, 0.25) is 0 Å². The fraction of sp³-hybridized carbons (Fsp3) is 0.200. The molecule has 2 aromatic rings. The number of hydrogen-bond acceptors (Lipinski definition) is 1. The Morgan fingerprint density at radius 1 is 1.11 bits per heavy atom. The quantitative estimate of drug-likeness (QED) is 0.620. The van der Waals surface area contributed by atoms with Crippen molar-refractivity contribution in [2.75, 3.05) is 5.32 Å². The van der Waals surface area contributed by atoms with E-state index in [1.165, 1.54) is 5.56 Å². The highest BCUT2D eigenvalue weighted by molar-refractivity contribution is 9.11. The Morgan fingerprint density at radius 2 is 1.79 bits per heavy atom. The normalized spacial score (nSPS) is 12.2. The van der Waals surface area contributed by atoms with Crippen molar-refractivity contribution in [1.29, 1.82) is 0 Å². The Bertz CT molecular complexity index is 555. The number of rotatable bonds is 4. The van der Waals surface area contributed by atoms with Crippen molar-refractivity contribution < 1.29 is 0 Å². The second kappa shape index (κ2) is 6.78.